The van der Waals surface area contributed by atoms with E-state index in [2.05, 4.69) is 0 Å². The molecule has 0 aliphatic rings. The Morgan fingerprint density at radius 3 is 2.00 bits per heavy atom. The van der Waals surface area contributed by atoms with Crippen molar-refractivity contribution in [2.75, 3.05) is 0 Å². The van der Waals surface area contributed by atoms with Gasteiger partial charge in [0.05, 0.1) is 12.5 Å². The van der Waals surface area contributed by atoms with Crippen molar-refractivity contribution < 1.29 is 0 Å². The van der Waals surface area contributed by atoms with Gasteiger partial charge in [0, 0.05) is 0 Å². The van der Waals surface area contributed by atoms with Gasteiger partial charge < -0.3 is 0 Å². The largest absolute Gasteiger partial charge is 0.198 e. The first-order valence-corrected chi connectivity index (χ1v) is 3.19. The highest BCUT2D eigenvalue weighted by Crippen LogP contribution is 2.10. The Morgan fingerprint density at radius 1 is 1.18 bits per heavy atom. The maximum absolute atomic E-state index is 8.41. The Bertz CT molecular complexity index is 264. The zero-order valence-corrected chi connectivity index (χ0v) is 6.26. The lowest BCUT2D eigenvalue weighted by molar-refractivity contribution is 1.02. The minimum atomic E-state index is 0.0778. The number of hydrogen-bond acceptors (Lipinski definition) is 3. The second kappa shape index (κ2) is 5.03. The van der Waals surface area contributed by atoms with Crippen molar-refractivity contribution in [3.05, 3.63) is 11.1 Å². The molecule has 0 fully saturated rings. The van der Waals surface area contributed by atoms with Gasteiger partial charge in [0.15, 0.2) is 0 Å². The molecule has 0 radical (unpaired) electrons. The maximum atomic E-state index is 8.41. The van der Waals surface area contributed by atoms with Crippen LogP contribution in [-0.2, 0) is 0 Å². The summed E-state index contributed by atoms with van der Waals surface area (Å²) in [7, 11) is 0. The fraction of sp³-hybridized carbons (Fsp3) is 0.375. The molecule has 54 valence electrons. The number of hydrogen-bond donors (Lipinski definition) is 0. The fourth-order valence-corrected chi connectivity index (χ4v) is 0.669. The van der Waals surface area contributed by atoms with Crippen molar-refractivity contribution in [3.8, 4) is 18.2 Å². The van der Waals surface area contributed by atoms with E-state index in [1.54, 1.807) is 12.1 Å². The highest BCUT2D eigenvalue weighted by Gasteiger charge is 2.01. The monoisotopic (exact) mass is 145 g/mol. The molecule has 0 N–H and O–H groups in total. The Kier molecular flexibility index (Phi) is 4.21. The molecule has 0 saturated carbocycles. The third-order valence-corrected chi connectivity index (χ3v) is 1.30. The Balaban J connectivity index is 4.73. The lowest BCUT2D eigenvalue weighted by Crippen LogP contribution is -1.85. The topological polar surface area (TPSA) is 71.4 Å². The number of nitrogens with zero attached hydrogens (tertiary/aromatic N) is 3. The summed E-state index contributed by atoms with van der Waals surface area (Å²) in [6.45, 7) is 1.82. The van der Waals surface area contributed by atoms with Crippen LogP contribution in [-0.4, -0.2) is 0 Å². The van der Waals surface area contributed by atoms with Crippen LogP contribution in [0.5, 0.6) is 0 Å². The third-order valence-electron chi connectivity index (χ3n) is 1.30. The van der Waals surface area contributed by atoms with Crippen LogP contribution >= 0.6 is 0 Å². The summed E-state index contributed by atoms with van der Waals surface area (Å²) in [5, 5.41) is 25.1. The van der Waals surface area contributed by atoms with Gasteiger partial charge in [-0.15, -0.1) is 0 Å². The molecule has 0 aliphatic heterocycles. The average Bonchev–Trinajstić information content (AvgIpc) is 2.05. The smallest absolute Gasteiger partial charge is 0.129 e. The molecule has 0 heterocycles. The highest BCUT2D eigenvalue weighted by molar-refractivity contribution is 5.40. The molecule has 0 bridgehead atoms. The van der Waals surface area contributed by atoms with E-state index in [4.69, 9.17) is 15.8 Å². The van der Waals surface area contributed by atoms with Gasteiger partial charge in [-0.25, -0.2) is 0 Å². The van der Waals surface area contributed by atoms with Gasteiger partial charge in [-0.3, -0.25) is 0 Å². The molecular formula is C8H7N3. The van der Waals surface area contributed by atoms with E-state index in [0.29, 0.717) is 12.0 Å². The lowest BCUT2D eigenvalue weighted by atomic mass is 10.1. The first-order valence-electron chi connectivity index (χ1n) is 3.19. The first-order chi connectivity index (χ1) is 5.29. The summed E-state index contributed by atoms with van der Waals surface area (Å²) in [5.41, 5.74) is 0.701. The van der Waals surface area contributed by atoms with Gasteiger partial charge in [0.25, 0.3) is 0 Å². The van der Waals surface area contributed by atoms with Gasteiger partial charge >= 0.3 is 0 Å². The van der Waals surface area contributed by atoms with E-state index >= 15 is 0 Å². The van der Waals surface area contributed by atoms with E-state index < -0.39 is 0 Å². The summed E-state index contributed by atoms with van der Waals surface area (Å²) in [6, 6.07) is 5.42. The number of rotatable bonds is 2. The van der Waals surface area contributed by atoms with E-state index in [9.17, 15) is 0 Å². The molecular weight excluding hydrogens is 138 g/mol. The molecule has 0 amide bonds. The molecule has 0 aromatic rings. The van der Waals surface area contributed by atoms with Crippen LogP contribution in [0.25, 0.3) is 0 Å². The molecule has 0 aliphatic carbocycles. The molecule has 0 spiro atoms. The summed E-state index contributed by atoms with van der Waals surface area (Å²) < 4.78 is 0. The second-order valence-electron chi connectivity index (χ2n) is 1.89. The van der Waals surface area contributed by atoms with E-state index in [-0.39, 0.29) is 12.0 Å². The second-order valence-corrected chi connectivity index (χ2v) is 1.89. The van der Waals surface area contributed by atoms with Gasteiger partial charge in [-0.2, -0.15) is 15.8 Å². The standard InChI is InChI=1S/C8H7N3/c1-2-7(3-4-9)8(5-10)6-11/h2-3H2,1H3. The molecule has 0 atom stereocenters. The molecule has 0 aromatic carbocycles. The predicted molar refractivity (Wildman–Crippen MR) is 38.8 cm³/mol. The van der Waals surface area contributed by atoms with Crippen molar-refractivity contribution in [1.29, 1.82) is 15.8 Å². The fourth-order valence-electron chi connectivity index (χ4n) is 0.669. The van der Waals surface area contributed by atoms with Gasteiger partial charge in [-0.1, -0.05) is 6.92 Å². The Hall–Kier alpha value is -1.79. The zero-order chi connectivity index (χ0) is 8.69. The highest BCUT2D eigenvalue weighted by atomic mass is 14.3. The average molecular weight is 145 g/mol. The van der Waals surface area contributed by atoms with Crippen molar-refractivity contribution in [2.45, 2.75) is 19.8 Å². The minimum absolute atomic E-state index is 0.0778. The summed E-state index contributed by atoms with van der Waals surface area (Å²) in [6.07, 6.45) is 0.761. The number of nitriles is 3. The first kappa shape index (κ1) is 9.21. The van der Waals surface area contributed by atoms with Crippen LogP contribution in [0.3, 0.4) is 0 Å². The minimum Gasteiger partial charge on any atom is -0.198 e. The molecule has 0 aromatic heterocycles. The van der Waals surface area contributed by atoms with Crippen LogP contribution in [0.2, 0.25) is 0 Å². The Morgan fingerprint density at radius 2 is 1.73 bits per heavy atom. The van der Waals surface area contributed by atoms with Crippen LogP contribution in [0.1, 0.15) is 19.8 Å². The molecule has 0 rings (SSSR count). The molecule has 0 saturated heterocycles. The zero-order valence-electron chi connectivity index (χ0n) is 6.26. The van der Waals surface area contributed by atoms with Crippen LogP contribution < -0.4 is 0 Å². The summed E-state index contributed by atoms with van der Waals surface area (Å²) >= 11 is 0. The normalized spacial score (nSPS) is 7.09. The van der Waals surface area contributed by atoms with E-state index in [1.165, 1.54) is 0 Å². The van der Waals surface area contributed by atoms with Crippen LogP contribution in [0.4, 0.5) is 0 Å². The van der Waals surface area contributed by atoms with Gasteiger partial charge in [0.2, 0.25) is 0 Å². The lowest BCUT2D eigenvalue weighted by Gasteiger charge is -1.94. The quantitative estimate of drug-likeness (QED) is 0.554. The van der Waals surface area contributed by atoms with Crippen molar-refractivity contribution in [1.82, 2.24) is 0 Å². The van der Waals surface area contributed by atoms with E-state index in [1.807, 2.05) is 13.0 Å². The van der Waals surface area contributed by atoms with Crippen LogP contribution in [0.15, 0.2) is 11.1 Å². The number of allylic oxidation sites excluding steroid dienone is 2. The van der Waals surface area contributed by atoms with Crippen molar-refractivity contribution in [2.24, 2.45) is 0 Å². The summed E-state index contributed by atoms with van der Waals surface area (Å²) in [5.74, 6) is 0. The third kappa shape index (κ3) is 2.52. The van der Waals surface area contributed by atoms with Gasteiger partial charge in [-0.05, 0) is 12.0 Å². The predicted octanol–water partition coefficient (Wildman–Crippen LogP) is 1.65. The van der Waals surface area contributed by atoms with Crippen molar-refractivity contribution >= 4 is 0 Å². The SMILES string of the molecule is CCC(CC#N)=C(C#N)C#N. The molecule has 3 nitrogen and oxygen atoms in total. The Labute approximate surface area is 65.8 Å². The molecule has 0 unspecified atom stereocenters. The van der Waals surface area contributed by atoms with Crippen LogP contribution in [0, 0.1) is 34.0 Å². The van der Waals surface area contributed by atoms with E-state index in [0.717, 1.165) is 0 Å². The molecule has 3 heteroatoms. The van der Waals surface area contributed by atoms with Crippen molar-refractivity contribution in [3.63, 3.8) is 0 Å². The maximum Gasteiger partial charge on any atom is 0.129 e. The van der Waals surface area contributed by atoms with Gasteiger partial charge in [0.1, 0.15) is 17.7 Å². The molecule has 11 heavy (non-hydrogen) atoms. The summed E-state index contributed by atoms with van der Waals surface area (Å²) in [4.78, 5) is 0.